The van der Waals surface area contributed by atoms with Gasteiger partial charge in [0.2, 0.25) is 0 Å². The van der Waals surface area contributed by atoms with Crippen LogP contribution < -0.4 is 9.47 Å². The van der Waals surface area contributed by atoms with Crippen LogP contribution in [0.3, 0.4) is 0 Å². The zero-order chi connectivity index (χ0) is 20.3. The molecule has 28 heavy (non-hydrogen) atoms. The van der Waals surface area contributed by atoms with Crippen LogP contribution in [0.25, 0.3) is 0 Å². The second kappa shape index (κ2) is 8.33. The molecule has 1 saturated carbocycles. The van der Waals surface area contributed by atoms with Crippen molar-refractivity contribution in [2.75, 3.05) is 28.4 Å². The van der Waals surface area contributed by atoms with Crippen molar-refractivity contribution in [2.24, 2.45) is 11.8 Å². The molecular weight excluding hydrogens is 360 g/mol. The Morgan fingerprint density at radius 2 is 1.00 bits per heavy atom. The van der Waals surface area contributed by atoms with Crippen LogP contribution in [0.5, 0.6) is 11.5 Å². The number of carbonyl (C=O) groups is 2. The fraction of sp³-hybridized carbons (Fsp3) is 0.364. The lowest BCUT2D eigenvalue weighted by molar-refractivity contribution is -0.164. The average molecular weight is 384 g/mol. The summed E-state index contributed by atoms with van der Waals surface area (Å²) in [5.74, 6) is -1.51. The number of carbonyl (C=O) groups excluding carboxylic acids is 2. The summed E-state index contributed by atoms with van der Waals surface area (Å²) in [6.45, 7) is 0. The first-order valence-corrected chi connectivity index (χ1v) is 9.00. The number of benzene rings is 2. The second-order valence-electron chi connectivity index (χ2n) is 6.63. The summed E-state index contributed by atoms with van der Waals surface area (Å²) >= 11 is 0. The summed E-state index contributed by atoms with van der Waals surface area (Å²) in [5.41, 5.74) is 1.56. The Morgan fingerprint density at radius 3 is 1.32 bits per heavy atom. The van der Waals surface area contributed by atoms with E-state index in [4.69, 9.17) is 18.9 Å². The topological polar surface area (TPSA) is 71.1 Å². The van der Waals surface area contributed by atoms with Gasteiger partial charge in [0.15, 0.2) is 0 Å². The molecule has 0 unspecified atom stereocenters. The third kappa shape index (κ3) is 3.19. The lowest BCUT2D eigenvalue weighted by Crippen LogP contribution is -2.51. The molecular formula is C22H24O6. The smallest absolute Gasteiger partial charge is 0.309 e. The van der Waals surface area contributed by atoms with Crippen molar-refractivity contribution in [1.29, 1.82) is 0 Å². The van der Waals surface area contributed by atoms with Gasteiger partial charge in [-0.3, -0.25) is 9.59 Å². The highest BCUT2D eigenvalue weighted by Crippen LogP contribution is 2.60. The van der Waals surface area contributed by atoms with Crippen LogP contribution in [-0.4, -0.2) is 40.4 Å². The van der Waals surface area contributed by atoms with Crippen molar-refractivity contribution in [1.82, 2.24) is 0 Å². The Morgan fingerprint density at radius 1 is 0.643 bits per heavy atom. The van der Waals surface area contributed by atoms with Crippen LogP contribution in [0.15, 0.2) is 48.5 Å². The largest absolute Gasteiger partial charge is 0.496 e. The lowest BCUT2D eigenvalue weighted by Gasteiger charge is -2.49. The summed E-state index contributed by atoms with van der Waals surface area (Å²) in [6, 6.07) is 14.8. The average Bonchev–Trinajstić information content (AvgIpc) is 2.73. The van der Waals surface area contributed by atoms with E-state index in [1.165, 1.54) is 14.2 Å². The predicted octanol–water partition coefficient (Wildman–Crippen LogP) is 3.16. The van der Waals surface area contributed by atoms with Gasteiger partial charge in [-0.05, 0) is 23.3 Å². The number of methoxy groups -OCH3 is 4. The Bertz CT molecular complexity index is 782. The van der Waals surface area contributed by atoms with Gasteiger partial charge in [-0.2, -0.15) is 0 Å². The van der Waals surface area contributed by atoms with Gasteiger partial charge in [0, 0.05) is 11.8 Å². The van der Waals surface area contributed by atoms with Crippen LogP contribution >= 0.6 is 0 Å². The fourth-order valence-corrected chi connectivity index (χ4v) is 4.26. The SMILES string of the molecule is COC(=O)C1C(c2ccccc2OC)C(C(=O)OC)C1c1ccccc1OC. The van der Waals surface area contributed by atoms with Crippen molar-refractivity contribution >= 4 is 11.9 Å². The van der Waals surface area contributed by atoms with Crippen molar-refractivity contribution < 1.29 is 28.5 Å². The molecule has 0 bridgehead atoms. The number of hydrogen-bond donors (Lipinski definition) is 0. The molecule has 2 aromatic rings. The van der Waals surface area contributed by atoms with Crippen LogP contribution in [0.4, 0.5) is 0 Å². The van der Waals surface area contributed by atoms with Gasteiger partial charge in [-0.1, -0.05) is 36.4 Å². The summed E-state index contributed by atoms with van der Waals surface area (Å²) in [4.78, 5) is 25.5. The van der Waals surface area contributed by atoms with Gasteiger partial charge in [0.1, 0.15) is 11.5 Å². The molecule has 0 radical (unpaired) electrons. The van der Waals surface area contributed by atoms with E-state index >= 15 is 0 Å². The Balaban J connectivity index is 2.16. The first-order chi connectivity index (χ1) is 13.6. The first-order valence-electron chi connectivity index (χ1n) is 9.00. The number of rotatable bonds is 6. The maximum absolute atomic E-state index is 12.8. The molecule has 0 aromatic heterocycles. The van der Waals surface area contributed by atoms with E-state index in [9.17, 15) is 9.59 Å². The molecule has 148 valence electrons. The van der Waals surface area contributed by atoms with Gasteiger partial charge in [-0.15, -0.1) is 0 Å². The molecule has 0 saturated heterocycles. The molecule has 1 aliphatic rings. The van der Waals surface area contributed by atoms with E-state index in [1.807, 2.05) is 48.5 Å². The number of esters is 2. The molecule has 2 aromatic carbocycles. The molecule has 6 heteroatoms. The second-order valence-corrected chi connectivity index (χ2v) is 6.63. The number of hydrogen-bond acceptors (Lipinski definition) is 6. The van der Waals surface area contributed by atoms with E-state index in [-0.39, 0.29) is 11.9 Å². The maximum atomic E-state index is 12.8. The highest BCUT2D eigenvalue weighted by molar-refractivity contribution is 5.86. The van der Waals surface area contributed by atoms with Gasteiger partial charge < -0.3 is 18.9 Å². The third-order valence-corrected chi connectivity index (χ3v) is 5.49. The van der Waals surface area contributed by atoms with E-state index in [0.29, 0.717) is 11.5 Å². The highest BCUT2D eigenvalue weighted by Gasteiger charge is 2.60. The van der Waals surface area contributed by atoms with Crippen LogP contribution in [0.2, 0.25) is 0 Å². The molecule has 0 spiro atoms. The third-order valence-electron chi connectivity index (χ3n) is 5.49. The van der Waals surface area contributed by atoms with Gasteiger partial charge in [0.05, 0.1) is 40.3 Å². The number of para-hydroxylation sites is 2. The van der Waals surface area contributed by atoms with E-state index in [1.54, 1.807) is 14.2 Å². The Labute approximate surface area is 164 Å². The molecule has 0 aliphatic heterocycles. The minimum Gasteiger partial charge on any atom is -0.496 e. The molecule has 0 heterocycles. The maximum Gasteiger partial charge on any atom is 0.309 e. The summed E-state index contributed by atoms with van der Waals surface area (Å²) in [5, 5.41) is 0. The highest BCUT2D eigenvalue weighted by atomic mass is 16.5. The molecule has 1 aliphatic carbocycles. The minimum absolute atomic E-state index is 0.382. The van der Waals surface area contributed by atoms with Gasteiger partial charge in [0.25, 0.3) is 0 Å². The zero-order valence-electron chi connectivity index (χ0n) is 16.4. The molecule has 6 nitrogen and oxygen atoms in total. The van der Waals surface area contributed by atoms with Gasteiger partial charge >= 0.3 is 11.9 Å². The summed E-state index contributed by atoms with van der Waals surface area (Å²) < 4.78 is 21.2. The van der Waals surface area contributed by atoms with Crippen molar-refractivity contribution in [3.05, 3.63) is 59.7 Å². The molecule has 3 rings (SSSR count). The van der Waals surface area contributed by atoms with E-state index < -0.39 is 23.7 Å². The van der Waals surface area contributed by atoms with Crippen molar-refractivity contribution in [2.45, 2.75) is 11.8 Å². The molecule has 1 fully saturated rings. The monoisotopic (exact) mass is 384 g/mol. The van der Waals surface area contributed by atoms with E-state index in [0.717, 1.165) is 11.1 Å². The van der Waals surface area contributed by atoms with Crippen LogP contribution in [0.1, 0.15) is 23.0 Å². The Hall–Kier alpha value is -3.02. The van der Waals surface area contributed by atoms with Crippen molar-refractivity contribution in [3.63, 3.8) is 0 Å². The van der Waals surface area contributed by atoms with E-state index in [2.05, 4.69) is 0 Å². The van der Waals surface area contributed by atoms with Gasteiger partial charge in [-0.25, -0.2) is 0 Å². The van der Waals surface area contributed by atoms with Crippen LogP contribution in [-0.2, 0) is 19.1 Å². The molecule has 0 atom stereocenters. The summed E-state index contributed by atoms with van der Waals surface area (Å²) in [6.07, 6.45) is 0. The van der Waals surface area contributed by atoms with Crippen molar-refractivity contribution in [3.8, 4) is 11.5 Å². The Kier molecular flexibility index (Phi) is 5.87. The number of ether oxygens (including phenoxy) is 4. The minimum atomic E-state index is -0.568. The first kappa shape index (κ1) is 19.7. The lowest BCUT2D eigenvalue weighted by atomic mass is 9.52. The quantitative estimate of drug-likeness (QED) is 0.713. The summed E-state index contributed by atoms with van der Waals surface area (Å²) in [7, 11) is 5.84. The fourth-order valence-electron chi connectivity index (χ4n) is 4.26. The normalized spacial score (nSPS) is 23.3. The standard InChI is InChI=1S/C22H24O6/c1-25-15-11-7-5-9-13(15)17-19(21(23)27-3)18(20(17)22(24)28-4)14-10-6-8-12-16(14)26-2/h5-12,17-20H,1-4H3. The predicted molar refractivity (Wildman–Crippen MR) is 102 cm³/mol. The molecule has 0 N–H and O–H groups in total. The zero-order valence-corrected chi connectivity index (χ0v) is 16.4. The van der Waals surface area contributed by atoms with Crippen LogP contribution in [0, 0.1) is 11.8 Å². The molecule has 0 amide bonds.